The van der Waals surface area contributed by atoms with Crippen molar-refractivity contribution in [3.8, 4) is 5.75 Å². The van der Waals surface area contributed by atoms with Gasteiger partial charge < -0.3 is 19.6 Å². The van der Waals surface area contributed by atoms with E-state index in [4.69, 9.17) is 4.74 Å². The van der Waals surface area contributed by atoms with Crippen LogP contribution in [0.25, 0.3) is 0 Å². The van der Waals surface area contributed by atoms with Crippen LogP contribution in [0.1, 0.15) is 17.2 Å². The number of fused-ring (bicyclic) bond motifs is 1. The van der Waals surface area contributed by atoms with Gasteiger partial charge in [0.1, 0.15) is 5.75 Å². The number of para-hydroxylation sites is 1. The highest BCUT2D eigenvalue weighted by molar-refractivity contribution is 7.99. The van der Waals surface area contributed by atoms with E-state index in [0.29, 0.717) is 13.1 Å². The lowest BCUT2D eigenvalue weighted by atomic mass is 9.93. The summed E-state index contributed by atoms with van der Waals surface area (Å²) in [6, 6.07) is 15.3. The highest BCUT2D eigenvalue weighted by Crippen LogP contribution is 2.49. The first-order valence-corrected chi connectivity index (χ1v) is 10.4. The number of thioether (sulfide) groups is 1. The smallest absolute Gasteiger partial charge is 0.304 e. The number of carboxylic acid groups (broad SMARTS) is 1. The molecule has 0 aliphatic carbocycles. The molecule has 154 valence electrons. The summed E-state index contributed by atoms with van der Waals surface area (Å²) in [5.74, 6) is -1.06. The molecule has 0 fully saturated rings. The summed E-state index contributed by atoms with van der Waals surface area (Å²) in [7, 11) is 5.51. The van der Waals surface area contributed by atoms with Crippen molar-refractivity contribution in [3.63, 3.8) is 0 Å². The molecule has 1 aliphatic heterocycles. The molecule has 0 unspecified atom stereocenters. The van der Waals surface area contributed by atoms with Gasteiger partial charge in [-0.15, -0.1) is 11.8 Å². The Bertz CT molecular complexity index is 869. The van der Waals surface area contributed by atoms with Crippen molar-refractivity contribution in [2.45, 2.75) is 16.6 Å². The largest absolute Gasteiger partial charge is 0.497 e. The SMILES string of the molecule is COc1ccc([C@@H]2Sc3ccccc3N(CCN(C)C)C(=O)[C@@H]2CC(=O)O)cc1. The van der Waals surface area contributed by atoms with Gasteiger partial charge in [-0.25, -0.2) is 0 Å². The number of amides is 1. The van der Waals surface area contributed by atoms with Gasteiger partial charge in [0.15, 0.2) is 0 Å². The molecule has 0 spiro atoms. The molecule has 1 amide bonds. The lowest BCUT2D eigenvalue weighted by Crippen LogP contribution is -2.41. The predicted octanol–water partition coefficient (Wildman–Crippen LogP) is 3.53. The molecular weight excluding hydrogens is 388 g/mol. The average Bonchev–Trinajstić information content (AvgIpc) is 2.81. The second kappa shape index (κ2) is 9.33. The fourth-order valence-corrected chi connectivity index (χ4v) is 4.85. The van der Waals surface area contributed by atoms with Gasteiger partial charge in [-0.3, -0.25) is 9.59 Å². The zero-order valence-electron chi connectivity index (χ0n) is 16.9. The molecule has 0 saturated heterocycles. The van der Waals surface area contributed by atoms with Crippen LogP contribution in [-0.4, -0.2) is 56.2 Å². The van der Waals surface area contributed by atoms with Crippen LogP contribution in [0.3, 0.4) is 0 Å². The highest BCUT2D eigenvalue weighted by atomic mass is 32.2. The molecule has 1 heterocycles. The topological polar surface area (TPSA) is 70.1 Å². The van der Waals surface area contributed by atoms with E-state index >= 15 is 0 Å². The number of carbonyl (C=O) groups is 2. The number of carboxylic acids is 1. The van der Waals surface area contributed by atoms with Crippen molar-refractivity contribution in [1.82, 2.24) is 4.90 Å². The Kier molecular flexibility index (Phi) is 6.82. The highest BCUT2D eigenvalue weighted by Gasteiger charge is 2.39. The molecule has 0 aromatic heterocycles. The number of likely N-dealkylation sites (N-methyl/N-ethyl adjacent to an activating group) is 1. The second-order valence-corrected chi connectivity index (χ2v) is 8.46. The van der Waals surface area contributed by atoms with Gasteiger partial charge in [-0.2, -0.15) is 0 Å². The van der Waals surface area contributed by atoms with Crippen LogP contribution in [0.5, 0.6) is 5.75 Å². The van der Waals surface area contributed by atoms with E-state index in [9.17, 15) is 14.7 Å². The number of nitrogens with zero attached hydrogens (tertiary/aromatic N) is 2. The number of methoxy groups -OCH3 is 1. The number of ether oxygens (including phenoxy) is 1. The van der Waals surface area contributed by atoms with Crippen LogP contribution in [-0.2, 0) is 9.59 Å². The van der Waals surface area contributed by atoms with Crippen molar-refractivity contribution < 1.29 is 19.4 Å². The minimum Gasteiger partial charge on any atom is -0.497 e. The third kappa shape index (κ3) is 4.92. The van der Waals surface area contributed by atoms with Crippen LogP contribution >= 0.6 is 11.8 Å². The number of hydrogen-bond donors (Lipinski definition) is 1. The number of aliphatic carboxylic acids is 1. The molecular formula is C22H26N2O4S. The molecule has 1 N–H and O–H groups in total. The quantitative estimate of drug-likeness (QED) is 0.748. The van der Waals surface area contributed by atoms with Gasteiger partial charge in [0, 0.05) is 23.2 Å². The lowest BCUT2D eigenvalue weighted by molar-refractivity contribution is -0.140. The molecule has 7 heteroatoms. The van der Waals surface area contributed by atoms with E-state index in [0.717, 1.165) is 21.9 Å². The van der Waals surface area contributed by atoms with Crippen LogP contribution in [0.4, 0.5) is 5.69 Å². The zero-order chi connectivity index (χ0) is 21.0. The summed E-state index contributed by atoms with van der Waals surface area (Å²) < 4.78 is 5.24. The van der Waals surface area contributed by atoms with Crippen molar-refractivity contribution in [3.05, 3.63) is 54.1 Å². The summed E-state index contributed by atoms with van der Waals surface area (Å²) in [5.41, 5.74) is 1.76. The van der Waals surface area contributed by atoms with Gasteiger partial charge in [0.25, 0.3) is 0 Å². The molecule has 0 radical (unpaired) electrons. The van der Waals surface area contributed by atoms with Gasteiger partial charge in [0.05, 0.1) is 25.1 Å². The van der Waals surface area contributed by atoms with E-state index in [1.165, 1.54) is 0 Å². The first-order chi connectivity index (χ1) is 13.9. The van der Waals surface area contributed by atoms with E-state index in [2.05, 4.69) is 0 Å². The van der Waals surface area contributed by atoms with E-state index < -0.39 is 11.9 Å². The molecule has 3 rings (SSSR count). The Morgan fingerprint density at radius 2 is 1.86 bits per heavy atom. The fraction of sp³-hybridized carbons (Fsp3) is 0.364. The van der Waals surface area contributed by atoms with Gasteiger partial charge >= 0.3 is 5.97 Å². The number of carbonyl (C=O) groups excluding carboxylic acids is 1. The fourth-order valence-electron chi connectivity index (χ4n) is 3.45. The van der Waals surface area contributed by atoms with Crippen molar-refractivity contribution in [1.29, 1.82) is 0 Å². The van der Waals surface area contributed by atoms with Gasteiger partial charge in [-0.1, -0.05) is 24.3 Å². The van der Waals surface area contributed by atoms with Gasteiger partial charge in [-0.05, 0) is 43.9 Å². The Morgan fingerprint density at radius 3 is 2.48 bits per heavy atom. The van der Waals surface area contributed by atoms with Crippen LogP contribution < -0.4 is 9.64 Å². The third-order valence-corrected chi connectivity index (χ3v) is 6.42. The summed E-state index contributed by atoms with van der Waals surface area (Å²) in [6.07, 6.45) is -0.213. The zero-order valence-corrected chi connectivity index (χ0v) is 17.7. The Hall–Kier alpha value is -2.51. The Labute approximate surface area is 175 Å². The molecule has 6 nitrogen and oxygen atoms in total. The summed E-state index contributed by atoms with van der Waals surface area (Å²) in [4.78, 5) is 30.0. The van der Waals surface area contributed by atoms with Crippen LogP contribution in [0.15, 0.2) is 53.4 Å². The second-order valence-electron chi connectivity index (χ2n) is 7.28. The van der Waals surface area contributed by atoms with E-state index in [-0.39, 0.29) is 17.6 Å². The van der Waals surface area contributed by atoms with Crippen molar-refractivity contribution in [2.24, 2.45) is 5.92 Å². The van der Waals surface area contributed by atoms with Gasteiger partial charge in [0.2, 0.25) is 5.91 Å². The van der Waals surface area contributed by atoms with Crippen molar-refractivity contribution >= 4 is 29.3 Å². The molecule has 2 atom stereocenters. The average molecular weight is 415 g/mol. The molecule has 29 heavy (non-hydrogen) atoms. The monoisotopic (exact) mass is 414 g/mol. The molecule has 2 aromatic carbocycles. The molecule has 0 saturated carbocycles. The number of benzene rings is 2. The minimum absolute atomic E-state index is 0.146. The summed E-state index contributed by atoms with van der Waals surface area (Å²) in [6.45, 7) is 1.20. The third-order valence-electron chi connectivity index (χ3n) is 4.97. The molecule has 0 bridgehead atoms. The van der Waals surface area contributed by atoms with E-state index in [1.807, 2.05) is 67.5 Å². The minimum atomic E-state index is -0.971. The van der Waals surface area contributed by atoms with Crippen molar-refractivity contribution in [2.75, 3.05) is 39.2 Å². The normalized spacial score (nSPS) is 19.0. The maximum absolute atomic E-state index is 13.6. The first kappa shape index (κ1) is 21.2. The summed E-state index contributed by atoms with van der Waals surface area (Å²) >= 11 is 1.56. The molecule has 2 aromatic rings. The Morgan fingerprint density at radius 1 is 1.17 bits per heavy atom. The number of rotatable bonds is 7. The predicted molar refractivity (Wildman–Crippen MR) is 115 cm³/mol. The van der Waals surface area contributed by atoms with Crippen LogP contribution in [0.2, 0.25) is 0 Å². The molecule has 1 aliphatic rings. The lowest BCUT2D eigenvalue weighted by Gasteiger charge is -2.28. The standard InChI is InChI=1S/C22H26N2O4S/c1-23(2)12-13-24-18-6-4-5-7-19(18)29-21(17(22(24)27)14-20(25)26)15-8-10-16(28-3)11-9-15/h4-11,17,21H,12-14H2,1-3H3,(H,25,26)/t17-,21+/m1/s1. The number of anilines is 1. The maximum atomic E-state index is 13.6. The van der Waals surface area contributed by atoms with Crippen LogP contribution in [0, 0.1) is 5.92 Å². The maximum Gasteiger partial charge on any atom is 0.304 e. The number of hydrogen-bond acceptors (Lipinski definition) is 5. The summed E-state index contributed by atoms with van der Waals surface area (Å²) in [5, 5.41) is 9.24. The Balaban J connectivity index is 2.06. The first-order valence-electron chi connectivity index (χ1n) is 9.48. The van der Waals surface area contributed by atoms with E-state index in [1.54, 1.807) is 23.8 Å².